The van der Waals surface area contributed by atoms with E-state index >= 15 is 0 Å². The summed E-state index contributed by atoms with van der Waals surface area (Å²) >= 11 is 0. The summed E-state index contributed by atoms with van der Waals surface area (Å²) in [5.41, 5.74) is 5.44. The predicted molar refractivity (Wildman–Crippen MR) is 42.3 cm³/mol. The number of nitrogens with one attached hydrogen (secondary N) is 1. The van der Waals surface area contributed by atoms with E-state index in [1.165, 1.54) is 6.08 Å². The molecule has 0 aliphatic carbocycles. The molecule has 0 aliphatic heterocycles. The second kappa shape index (κ2) is 4.49. The van der Waals surface area contributed by atoms with E-state index in [4.69, 9.17) is 11.1 Å². The molecule has 4 nitrogen and oxygen atoms in total. The van der Waals surface area contributed by atoms with E-state index in [-0.39, 0.29) is 12.3 Å². The molecule has 0 heterocycles. The Kier molecular flexibility index (Phi) is 3.95. The van der Waals surface area contributed by atoms with E-state index in [2.05, 4.69) is 4.74 Å². The number of carbonyl (C=O) groups excluding carboxylic acids is 1. The molecule has 0 saturated carbocycles. The van der Waals surface area contributed by atoms with Gasteiger partial charge in [-0.3, -0.25) is 5.41 Å². The van der Waals surface area contributed by atoms with Gasteiger partial charge in [0.15, 0.2) is 0 Å². The van der Waals surface area contributed by atoms with Crippen molar-refractivity contribution in [3.63, 3.8) is 0 Å². The Balaban J connectivity index is 4.05. The number of allylic oxidation sites excluding steroid dienone is 1. The van der Waals surface area contributed by atoms with Crippen molar-refractivity contribution in [3.8, 4) is 0 Å². The van der Waals surface area contributed by atoms with Gasteiger partial charge in [0.1, 0.15) is 5.71 Å². The molecule has 0 bridgehead atoms. The van der Waals surface area contributed by atoms with Crippen molar-refractivity contribution < 1.29 is 9.53 Å². The number of ether oxygens (including phenoxy) is 1. The highest BCUT2D eigenvalue weighted by Crippen LogP contribution is 1.87. The van der Waals surface area contributed by atoms with Gasteiger partial charge >= 0.3 is 5.97 Å². The molecule has 62 valence electrons. The van der Waals surface area contributed by atoms with Crippen LogP contribution in [0.2, 0.25) is 0 Å². The van der Waals surface area contributed by atoms with E-state index in [1.54, 1.807) is 13.8 Å². The summed E-state index contributed by atoms with van der Waals surface area (Å²) in [6.07, 6.45) is 1.26. The van der Waals surface area contributed by atoms with Gasteiger partial charge in [0.05, 0.1) is 6.61 Å². The van der Waals surface area contributed by atoms with Crippen LogP contribution in [0.25, 0.3) is 0 Å². The lowest BCUT2D eigenvalue weighted by atomic mass is 10.3. The van der Waals surface area contributed by atoms with Crippen LogP contribution in [0.15, 0.2) is 11.8 Å². The van der Waals surface area contributed by atoms with Gasteiger partial charge in [-0.2, -0.15) is 0 Å². The first-order valence-electron chi connectivity index (χ1n) is 3.27. The number of hydrogen-bond donors (Lipinski definition) is 2. The summed E-state index contributed by atoms with van der Waals surface area (Å²) in [6, 6.07) is 0. The Hall–Kier alpha value is -1.32. The second-order valence-electron chi connectivity index (χ2n) is 2.02. The van der Waals surface area contributed by atoms with Crippen LogP contribution in [0.4, 0.5) is 0 Å². The SMILES string of the molecule is CCOC(=O)C(=N)/C=C(/C)N. The molecule has 0 aliphatic rings. The first-order valence-corrected chi connectivity index (χ1v) is 3.27. The van der Waals surface area contributed by atoms with Crippen LogP contribution in [0, 0.1) is 5.41 Å². The Labute approximate surface area is 65.5 Å². The van der Waals surface area contributed by atoms with Gasteiger partial charge in [-0.25, -0.2) is 4.79 Å². The average molecular weight is 156 g/mol. The topological polar surface area (TPSA) is 76.2 Å². The molecular weight excluding hydrogens is 144 g/mol. The number of carbonyl (C=O) groups is 1. The summed E-state index contributed by atoms with van der Waals surface area (Å²) in [5.74, 6) is -0.641. The minimum atomic E-state index is -0.641. The zero-order chi connectivity index (χ0) is 8.85. The van der Waals surface area contributed by atoms with Gasteiger partial charge in [0, 0.05) is 5.70 Å². The van der Waals surface area contributed by atoms with E-state index in [0.717, 1.165) is 0 Å². The quantitative estimate of drug-likeness (QED) is 0.459. The third-order valence-corrected chi connectivity index (χ3v) is 0.867. The monoisotopic (exact) mass is 156 g/mol. The normalized spacial score (nSPS) is 10.9. The van der Waals surface area contributed by atoms with Crippen LogP contribution in [-0.4, -0.2) is 18.3 Å². The minimum absolute atomic E-state index is 0.216. The van der Waals surface area contributed by atoms with Gasteiger partial charge < -0.3 is 10.5 Å². The summed E-state index contributed by atoms with van der Waals surface area (Å²) in [6.45, 7) is 3.57. The lowest BCUT2D eigenvalue weighted by Gasteiger charge is -1.98. The van der Waals surface area contributed by atoms with Crippen LogP contribution in [0.3, 0.4) is 0 Å². The molecule has 0 aromatic carbocycles. The smallest absolute Gasteiger partial charge is 0.356 e. The summed E-state index contributed by atoms with van der Waals surface area (Å²) in [5, 5.41) is 7.10. The highest BCUT2D eigenvalue weighted by Gasteiger charge is 2.05. The molecule has 0 fully saturated rings. The molecule has 0 radical (unpaired) electrons. The molecule has 0 unspecified atom stereocenters. The predicted octanol–water partition coefficient (Wildman–Crippen LogP) is 0.432. The average Bonchev–Trinajstić information content (AvgIpc) is 1.86. The number of esters is 1. The fourth-order valence-corrected chi connectivity index (χ4v) is 0.495. The van der Waals surface area contributed by atoms with E-state index in [0.29, 0.717) is 5.70 Å². The second-order valence-corrected chi connectivity index (χ2v) is 2.02. The van der Waals surface area contributed by atoms with Crippen LogP contribution in [0.1, 0.15) is 13.8 Å². The summed E-state index contributed by atoms with van der Waals surface area (Å²) < 4.78 is 4.54. The maximum Gasteiger partial charge on any atom is 0.356 e. The standard InChI is InChI=1S/C7H12N2O2/c1-3-11-7(10)6(9)4-5(2)8/h4,9H,3,8H2,1-2H3/b5-4-,9-6?. The van der Waals surface area contributed by atoms with E-state index in [9.17, 15) is 4.79 Å². The molecule has 0 saturated heterocycles. The summed E-state index contributed by atoms with van der Waals surface area (Å²) in [4.78, 5) is 10.7. The van der Waals surface area contributed by atoms with Crippen molar-refractivity contribution in [2.24, 2.45) is 5.73 Å². The van der Waals surface area contributed by atoms with Gasteiger partial charge in [-0.1, -0.05) is 0 Å². The molecule has 0 aromatic heterocycles. The zero-order valence-corrected chi connectivity index (χ0v) is 6.68. The molecule has 11 heavy (non-hydrogen) atoms. The molecule has 0 atom stereocenters. The zero-order valence-electron chi connectivity index (χ0n) is 6.68. The van der Waals surface area contributed by atoms with Crippen molar-refractivity contribution in [1.82, 2.24) is 0 Å². The Bertz CT molecular complexity index is 193. The maximum absolute atomic E-state index is 10.7. The Morgan fingerprint density at radius 3 is 2.64 bits per heavy atom. The fourth-order valence-electron chi connectivity index (χ4n) is 0.495. The summed E-state index contributed by atoms with van der Waals surface area (Å²) in [7, 11) is 0. The number of hydrogen-bond acceptors (Lipinski definition) is 4. The largest absolute Gasteiger partial charge is 0.461 e. The Morgan fingerprint density at radius 2 is 2.27 bits per heavy atom. The van der Waals surface area contributed by atoms with E-state index in [1.807, 2.05) is 0 Å². The van der Waals surface area contributed by atoms with Crippen LogP contribution < -0.4 is 5.73 Å². The number of nitrogens with two attached hydrogens (primary N) is 1. The molecule has 0 amide bonds. The van der Waals surface area contributed by atoms with Gasteiger partial charge in [-0.15, -0.1) is 0 Å². The third-order valence-electron chi connectivity index (χ3n) is 0.867. The van der Waals surface area contributed by atoms with Crippen LogP contribution in [0.5, 0.6) is 0 Å². The highest BCUT2D eigenvalue weighted by molar-refractivity contribution is 6.39. The highest BCUT2D eigenvalue weighted by atomic mass is 16.5. The lowest BCUT2D eigenvalue weighted by molar-refractivity contribution is -0.135. The molecule has 0 aromatic rings. The van der Waals surface area contributed by atoms with Gasteiger partial charge in [-0.05, 0) is 19.9 Å². The minimum Gasteiger partial charge on any atom is -0.461 e. The Morgan fingerprint density at radius 1 is 1.73 bits per heavy atom. The lowest BCUT2D eigenvalue weighted by Crippen LogP contribution is -2.15. The van der Waals surface area contributed by atoms with Crippen molar-refractivity contribution in [3.05, 3.63) is 11.8 Å². The van der Waals surface area contributed by atoms with Crippen molar-refractivity contribution in [1.29, 1.82) is 5.41 Å². The van der Waals surface area contributed by atoms with Crippen molar-refractivity contribution in [2.45, 2.75) is 13.8 Å². The van der Waals surface area contributed by atoms with Gasteiger partial charge in [0.25, 0.3) is 0 Å². The third kappa shape index (κ3) is 4.13. The first-order chi connectivity index (χ1) is 5.07. The number of rotatable bonds is 3. The maximum atomic E-state index is 10.7. The molecule has 0 spiro atoms. The van der Waals surface area contributed by atoms with Gasteiger partial charge in [0.2, 0.25) is 0 Å². The molecule has 3 N–H and O–H groups in total. The van der Waals surface area contributed by atoms with Crippen molar-refractivity contribution in [2.75, 3.05) is 6.61 Å². The molecule has 0 rings (SSSR count). The van der Waals surface area contributed by atoms with Crippen LogP contribution >= 0.6 is 0 Å². The van der Waals surface area contributed by atoms with Crippen LogP contribution in [-0.2, 0) is 9.53 Å². The molecular formula is C7H12N2O2. The van der Waals surface area contributed by atoms with E-state index < -0.39 is 5.97 Å². The first kappa shape index (κ1) is 9.68. The molecule has 4 heteroatoms. The fraction of sp³-hybridized carbons (Fsp3) is 0.429. The van der Waals surface area contributed by atoms with Crippen molar-refractivity contribution >= 4 is 11.7 Å².